The second kappa shape index (κ2) is 12.1. The standard InChI is InChI=1S/C25H25N3OS.C4H6O4/c1-17-13-21-24(23-19(9-6-10-26-23)15-22(29)25(21)30-17)28-12-11-27(2)20(16-28)14-18-7-4-3-5-8-18;5-3(6)1-2-4(7)8/h3-10,13,15,20H,11-12,14,16H2,1-2H3;1-2H2,(H,5,6)(H,7,8). The van der Waals surface area contributed by atoms with E-state index in [9.17, 15) is 14.4 Å². The van der Waals surface area contributed by atoms with Gasteiger partial charge in [0.25, 0.3) is 0 Å². The van der Waals surface area contributed by atoms with Crippen LogP contribution in [-0.2, 0) is 16.0 Å². The smallest absolute Gasteiger partial charge is 0.303 e. The number of likely N-dealkylation sites (N-methyl/N-ethyl adjacent to an activating group) is 1. The first-order valence-corrected chi connectivity index (χ1v) is 13.3. The monoisotopic (exact) mass is 533 g/mol. The number of carboxylic acids is 2. The van der Waals surface area contributed by atoms with Crippen molar-refractivity contribution >= 4 is 50.0 Å². The van der Waals surface area contributed by atoms with Crippen molar-refractivity contribution in [1.82, 2.24) is 9.88 Å². The number of aryl methyl sites for hydroxylation is 1. The number of thiophene rings is 1. The van der Waals surface area contributed by atoms with E-state index in [1.165, 1.54) is 5.56 Å². The van der Waals surface area contributed by atoms with Crippen molar-refractivity contribution in [2.45, 2.75) is 32.2 Å². The molecule has 1 fully saturated rings. The average Bonchev–Trinajstić information content (AvgIpc) is 3.23. The van der Waals surface area contributed by atoms with E-state index < -0.39 is 11.9 Å². The molecule has 0 spiro atoms. The molecule has 1 aliphatic rings. The van der Waals surface area contributed by atoms with Crippen LogP contribution in [0.25, 0.3) is 21.0 Å². The normalized spacial score (nSPS) is 15.7. The number of aliphatic carboxylic acids is 2. The number of hydrogen-bond donors (Lipinski definition) is 2. The Bertz CT molecular complexity index is 1490. The molecule has 198 valence electrons. The van der Waals surface area contributed by atoms with Gasteiger partial charge in [-0.25, -0.2) is 0 Å². The Morgan fingerprint density at radius 1 is 1.03 bits per heavy atom. The summed E-state index contributed by atoms with van der Waals surface area (Å²) in [5, 5.41) is 17.8. The number of hydrogen-bond acceptors (Lipinski definition) is 7. The molecule has 3 heterocycles. The van der Waals surface area contributed by atoms with Crippen LogP contribution in [-0.4, -0.2) is 64.8 Å². The summed E-state index contributed by atoms with van der Waals surface area (Å²) >= 11 is 1.59. The van der Waals surface area contributed by atoms with Crippen molar-refractivity contribution in [3.63, 3.8) is 0 Å². The number of rotatable bonds is 6. The van der Waals surface area contributed by atoms with E-state index in [0.717, 1.165) is 57.6 Å². The first-order valence-electron chi connectivity index (χ1n) is 12.5. The van der Waals surface area contributed by atoms with E-state index in [-0.39, 0.29) is 18.3 Å². The number of benzene rings is 1. The number of fused-ring (bicyclic) bond motifs is 2. The Balaban J connectivity index is 0.000000368. The van der Waals surface area contributed by atoms with Crippen LogP contribution in [0.4, 0.5) is 5.69 Å². The lowest BCUT2D eigenvalue weighted by Crippen LogP contribution is -2.52. The predicted molar refractivity (Wildman–Crippen MR) is 151 cm³/mol. The van der Waals surface area contributed by atoms with Gasteiger partial charge in [0.1, 0.15) is 0 Å². The fraction of sp³-hybridized carbons (Fsp3) is 0.310. The molecule has 2 aromatic carbocycles. The number of aromatic nitrogens is 1. The lowest BCUT2D eigenvalue weighted by Gasteiger charge is -2.41. The highest BCUT2D eigenvalue weighted by atomic mass is 32.1. The highest BCUT2D eigenvalue weighted by molar-refractivity contribution is 7.19. The van der Waals surface area contributed by atoms with Gasteiger partial charge in [-0.05, 0) is 44.2 Å². The van der Waals surface area contributed by atoms with Gasteiger partial charge in [-0.3, -0.25) is 24.3 Å². The molecular weight excluding hydrogens is 502 g/mol. The molecule has 1 aliphatic heterocycles. The van der Waals surface area contributed by atoms with Gasteiger partial charge < -0.3 is 15.1 Å². The van der Waals surface area contributed by atoms with Gasteiger partial charge in [-0.1, -0.05) is 36.4 Å². The first-order chi connectivity index (χ1) is 18.2. The minimum Gasteiger partial charge on any atom is -0.481 e. The molecule has 4 aromatic rings. The van der Waals surface area contributed by atoms with E-state index in [0.29, 0.717) is 6.04 Å². The molecule has 9 heteroatoms. The van der Waals surface area contributed by atoms with Crippen molar-refractivity contribution in [2.24, 2.45) is 0 Å². The van der Waals surface area contributed by atoms with Crippen LogP contribution in [0.1, 0.15) is 23.3 Å². The van der Waals surface area contributed by atoms with E-state index >= 15 is 0 Å². The van der Waals surface area contributed by atoms with E-state index in [1.54, 1.807) is 17.4 Å². The van der Waals surface area contributed by atoms with Crippen LogP contribution in [0.5, 0.6) is 0 Å². The Kier molecular flexibility index (Phi) is 8.70. The second-order valence-corrected chi connectivity index (χ2v) is 10.7. The number of pyridine rings is 1. The summed E-state index contributed by atoms with van der Waals surface area (Å²) in [5.41, 5.74) is 3.47. The molecule has 1 saturated heterocycles. The molecular formula is C29H31N3O5S. The summed E-state index contributed by atoms with van der Waals surface area (Å²) in [6, 6.07) is 18.9. The SMILES string of the molecule is Cc1cc2c(N3CCN(C)C(Cc4ccccc4)C3)c3ncccc3cc(=O)c2s1.O=C(O)CCC(=O)O. The van der Waals surface area contributed by atoms with Gasteiger partial charge in [0.05, 0.1) is 28.7 Å². The number of carbonyl (C=O) groups is 2. The summed E-state index contributed by atoms with van der Waals surface area (Å²) in [6.07, 6.45) is 2.25. The Morgan fingerprint density at radius 3 is 2.42 bits per heavy atom. The van der Waals surface area contributed by atoms with Crippen LogP contribution in [0.2, 0.25) is 0 Å². The van der Waals surface area contributed by atoms with Crippen LogP contribution < -0.4 is 10.3 Å². The zero-order valence-corrected chi connectivity index (χ0v) is 22.3. The highest BCUT2D eigenvalue weighted by Gasteiger charge is 2.27. The molecule has 38 heavy (non-hydrogen) atoms. The van der Waals surface area contributed by atoms with E-state index in [2.05, 4.69) is 60.2 Å². The quantitative estimate of drug-likeness (QED) is 0.375. The molecule has 1 unspecified atom stereocenters. The van der Waals surface area contributed by atoms with Crippen LogP contribution in [0, 0.1) is 6.92 Å². The molecule has 2 aromatic heterocycles. The largest absolute Gasteiger partial charge is 0.481 e. The second-order valence-electron chi connectivity index (χ2n) is 9.46. The van der Waals surface area contributed by atoms with Crippen LogP contribution >= 0.6 is 11.3 Å². The van der Waals surface area contributed by atoms with Crippen molar-refractivity contribution in [2.75, 3.05) is 31.6 Å². The van der Waals surface area contributed by atoms with Crippen LogP contribution in [0.15, 0.2) is 65.6 Å². The molecule has 0 saturated carbocycles. The highest BCUT2D eigenvalue weighted by Crippen LogP contribution is 2.36. The maximum Gasteiger partial charge on any atom is 0.303 e. The summed E-state index contributed by atoms with van der Waals surface area (Å²) in [6.45, 7) is 4.90. The lowest BCUT2D eigenvalue weighted by molar-refractivity contribution is -0.143. The minimum absolute atomic E-state index is 0.0855. The van der Waals surface area contributed by atoms with Gasteiger partial charge >= 0.3 is 11.9 Å². The molecule has 0 aliphatic carbocycles. The zero-order chi connectivity index (χ0) is 27.2. The number of anilines is 1. The Morgan fingerprint density at radius 2 is 1.74 bits per heavy atom. The molecule has 2 N–H and O–H groups in total. The maximum atomic E-state index is 13.0. The Labute approximate surface area is 224 Å². The molecule has 8 nitrogen and oxygen atoms in total. The van der Waals surface area contributed by atoms with Crippen molar-refractivity contribution < 1.29 is 19.8 Å². The molecule has 0 bridgehead atoms. The third-order valence-corrected chi connectivity index (χ3v) is 7.71. The summed E-state index contributed by atoms with van der Waals surface area (Å²) in [7, 11) is 2.21. The topological polar surface area (TPSA) is 111 Å². The molecule has 1 atom stereocenters. The van der Waals surface area contributed by atoms with Gasteiger partial charge in [0.15, 0.2) is 5.43 Å². The summed E-state index contributed by atoms with van der Waals surface area (Å²) < 4.78 is 0.832. The molecule has 0 radical (unpaired) electrons. The van der Waals surface area contributed by atoms with Gasteiger partial charge in [-0.15, -0.1) is 11.3 Å². The third-order valence-electron chi connectivity index (χ3n) is 6.64. The van der Waals surface area contributed by atoms with Crippen molar-refractivity contribution in [3.8, 4) is 0 Å². The van der Waals surface area contributed by atoms with Crippen LogP contribution in [0.3, 0.4) is 0 Å². The summed E-state index contributed by atoms with van der Waals surface area (Å²) in [5.74, 6) is -2.15. The van der Waals surface area contributed by atoms with E-state index in [1.807, 2.05) is 18.3 Å². The van der Waals surface area contributed by atoms with Crippen molar-refractivity contribution in [3.05, 3.63) is 81.5 Å². The lowest BCUT2D eigenvalue weighted by atomic mass is 10.0. The van der Waals surface area contributed by atoms with E-state index in [4.69, 9.17) is 15.2 Å². The molecule has 0 amide bonds. The number of carboxylic acid groups (broad SMARTS) is 2. The zero-order valence-electron chi connectivity index (χ0n) is 21.5. The van der Waals surface area contributed by atoms with Gasteiger partial charge in [-0.2, -0.15) is 0 Å². The average molecular weight is 534 g/mol. The summed E-state index contributed by atoms with van der Waals surface area (Å²) in [4.78, 5) is 43.0. The van der Waals surface area contributed by atoms with Crippen molar-refractivity contribution in [1.29, 1.82) is 0 Å². The van der Waals surface area contributed by atoms with Gasteiger partial charge in [0, 0.05) is 47.5 Å². The fourth-order valence-electron chi connectivity index (χ4n) is 4.73. The number of piperazine rings is 1. The minimum atomic E-state index is -1.08. The number of nitrogens with zero attached hydrogens (tertiary/aromatic N) is 3. The van der Waals surface area contributed by atoms with Gasteiger partial charge in [0.2, 0.25) is 0 Å². The Hall–Kier alpha value is -3.82. The predicted octanol–water partition coefficient (Wildman–Crippen LogP) is 4.42. The third kappa shape index (κ3) is 6.54. The molecule has 5 rings (SSSR count). The first kappa shape index (κ1) is 27.2. The fourth-order valence-corrected chi connectivity index (χ4v) is 5.65. The maximum absolute atomic E-state index is 13.0.